The summed E-state index contributed by atoms with van der Waals surface area (Å²) in [5, 5.41) is 2.01. The van der Waals surface area contributed by atoms with E-state index in [0.717, 1.165) is 30.9 Å². The second-order valence-electron chi connectivity index (χ2n) is 4.22. The lowest BCUT2D eigenvalue weighted by molar-refractivity contribution is 1.01. The second-order valence-corrected chi connectivity index (χ2v) is 6.10. The minimum atomic E-state index is 0.493. The highest BCUT2D eigenvalue weighted by molar-refractivity contribution is 9.10. The monoisotopic (exact) mass is 345 g/mol. The Morgan fingerprint density at radius 2 is 1.90 bits per heavy atom. The van der Waals surface area contributed by atoms with Crippen LogP contribution in [0.15, 0.2) is 63.2 Å². The highest BCUT2D eigenvalue weighted by atomic mass is 79.9. The van der Waals surface area contributed by atoms with E-state index in [9.17, 15) is 0 Å². The maximum Gasteiger partial charge on any atom is 0.117 e. The van der Waals surface area contributed by atoms with Crippen LogP contribution in [-0.2, 0) is 6.54 Å². The second kappa shape index (κ2) is 5.91. The van der Waals surface area contributed by atoms with Gasteiger partial charge in [0.05, 0.1) is 5.52 Å². The van der Waals surface area contributed by atoms with E-state index in [-0.39, 0.29) is 0 Å². The zero-order valence-corrected chi connectivity index (χ0v) is 13.0. The zero-order chi connectivity index (χ0) is 13.9. The molecule has 0 unspecified atom stereocenters. The minimum absolute atomic E-state index is 0.493. The van der Waals surface area contributed by atoms with Gasteiger partial charge in [0.25, 0.3) is 0 Å². The molecule has 0 aliphatic carbocycles. The van der Waals surface area contributed by atoms with Gasteiger partial charge < -0.3 is 5.73 Å². The molecular weight excluding hydrogens is 334 g/mol. The van der Waals surface area contributed by atoms with Gasteiger partial charge in [-0.3, -0.25) is 0 Å². The lowest BCUT2D eigenvalue weighted by Gasteiger charge is -2.10. The molecule has 2 N–H and O–H groups in total. The van der Waals surface area contributed by atoms with Crippen molar-refractivity contribution >= 4 is 38.6 Å². The molecular formula is C15H12BrN3S. The van der Waals surface area contributed by atoms with Gasteiger partial charge in [0.15, 0.2) is 0 Å². The fourth-order valence-electron chi connectivity index (χ4n) is 2.00. The molecule has 0 spiro atoms. The highest BCUT2D eigenvalue weighted by Crippen LogP contribution is 2.35. The summed E-state index contributed by atoms with van der Waals surface area (Å²) < 4.78 is 1.03. The zero-order valence-electron chi connectivity index (χ0n) is 10.6. The Balaban J connectivity index is 2.08. The van der Waals surface area contributed by atoms with Crippen molar-refractivity contribution in [1.29, 1.82) is 0 Å². The summed E-state index contributed by atoms with van der Waals surface area (Å²) in [5.41, 5.74) is 7.89. The summed E-state index contributed by atoms with van der Waals surface area (Å²) in [4.78, 5) is 9.80. The van der Waals surface area contributed by atoms with Crippen molar-refractivity contribution < 1.29 is 0 Å². The molecule has 1 aromatic heterocycles. The summed E-state index contributed by atoms with van der Waals surface area (Å²) in [6, 6.07) is 14.1. The fraction of sp³-hybridized carbons (Fsp3) is 0.0667. The molecule has 100 valence electrons. The predicted octanol–water partition coefficient (Wildman–Crippen LogP) is 4.00. The quantitative estimate of drug-likeness (QED) is 0.729. The van der Waals surface area contributed by atoms with E-state index >= 15 is 0 Å². The van der Waals surface area contributed by atoms with E-state index in [4.69, 9.17) is 5.73 Å². The summed E-state index contributed by atoms with van der Waals surface area (Å²) in [7, 11) is 0. The molecule has 5 heteroatoms. The number of halogens is 1. The highest BCUT2D eigenvalue weighted by Gasteiger charge is 2.10. The van der Waals surface area contributed by atoms with Gasteiger partial charge in [0.2, 0.25) is 0 Å². The third kappa shape index (κ3) is 2.57. The third-order valence-electron chi connectivity index (χ3n) is 2.99. The molecule has 0 atom stereocenters. The molecule has 0 amide bonds. The number of hydrogen-bond donors (Lipinski definition) is 1. The SMILES string of the molecule is NCc1c(Br)cccc1Sc1ncnc2ccccc12. The molecule has 3 aromatic rings. The summed E-state index contributed by atoms with van der Waals surface area (Å²) in [5.74, 6) is 0. The van der Waals surface area contributed by atoms with Gasteiger partial charge in [-0.25, -0.2) is 9.97 Å². The van der Waals surface area contributed by atoms with Crippen LogP contribution in [-0.4, -0.2) is 9.97 Å². The van der Waals surface area contributed by atoms with Crippen LogP contribution in [0, 0.1) is 0 Å². The number of rotatable bonds is 3. The molecule has 1 heterocycles. The number of nitrogens with two attached hydrogens (primary N) is 1. The van der Waals surface area contributed by atoms with Crippen molar-refractivity contribution in [2.75, 3.05) is 0 Å². The Kier molecular flexibility index (Phi) is 4.00. The number of fused-ring (bicyclic) bond motifs is 1. The Hall–Kier alpha value is -1.43. The molecule has 3 rings (SSSR count). The largest absolute Gasteiger partial charge is 0.326 e. The first-order valence-corrected chi connectivity index (χ1v) is 7.75. The van der Waals surface area contributed by atoms with E-state index in [1.807, 2.05) is 36.4 Å². The van der Waals surface area contributed by atoms with Crippen LogP contribution in [0.1, 0.15) is 5.56 Å². The van der Waals surface area contributed by atoms with Crippen LogP contribution < -0.4 is 5.73 Å². The molecule has 0 fully saturated rings. The van der Waals surface area contributed by atoms with Gasteiger partial charge in [0.1, 0.15) is 11.4 Å². The van der Waals surface area contributed by atoms with Crippen molar-refractivity contribution in [3.63, 3.8) is 0 Å². The molecule has 0 aliphatic heterocycles. The average molecular weight is 346 g/mol. The van der Waals surface area contributed by atoms with E-state index in [2.05, 4.69) is 32.0 Å². The van der Waals surface area contributed by atoms with E-state index in [0.29, 0.717) is 6.54 Å². The number of para-hydroxylation sites is 1. The van der Waals surface area contributed by atoms with Gasteiger partial charge >= 0.3 is 0 Å². The molecule has 0 saturated carbocycles. The number of aromatic nitrogens is 2. The normalized spacial score (nSPS) is 10.9. The maximum atomic E-state index is 5.84. The first-order chi connectivity index (χ1) is 9.79. The van der Waals surface area contributed by atoms with Crippen molar-refractivity contribution in [3.8, 4) is 0 Å². The molecule has 0 saturated heterocycles. The standard InChI is InChI=1S/C15H12BrN3S/c16-12-5-3-7-14(11(12)8-17)20-15-10-4-1-2-6-13(10)18-9-19-15/h1-7,9H,8,17H2. The Morgan fingerprint density at radius 3 is 2.75 bits per heavy atom. The van der Waals surface area contributed by atoms with Crippen LogP contribution in [0.3, 0.4) is 0 Å². The summed E-state index contributed by atoms with van der Waals surface area (Å²) >= 11 is 5.17. The average Bonchev–Trinajstić information content (AvgIpc) is 2.48. The van der Waals surface area contributed by atoms with Crippen LogP contribution in [0.4, 0.5) is 0 Å². The number of hydrogen-bond acceptors (Lipinski definition) is 4. The Bertz CT molecular complexity index is 756. The Morgan fingerprint density at radius 1 is 1.05 bits per heavy atom. The van der Waals surface area contributed by atoms with Crippen LogP contribution in [0.2, 0.25) is 0 Å². The summed E-state index contributed by atoms with van der Waals surface area (Å²) in [6.07, 6.45) is 1.60. The third-order valence-corrected chi connectivity index (χ3v) is 4.86. The molecule has 20 heavy (non-hydrogen) atoms. The topological polar surface area (TPSA) is 51.8 Å². The van der Waals surface area contributed by atoms with E-state index in [1.54, 1.807) is 18.1 Å². The van der Waals surface area contributed by atoms with Gasteiger partial charge in [-0.1, -0.05) is 52.0 Å². The van der Waals surface area contributed by atoms with Gasteiger partial charge in [-0.05, 0) is 23.8 Å². The van der Waals surface area contributed by atoms with Crippen LogP contribution in [0.5, 0.6) is 0 Å². The van der Waals surface area contributed by atoms with Crippen molar-refractivity contribution in [1.82, 2.24) is 9.97 Å². The lowest BCUT2D eigenvalue weighted by atomic mass is 10.2. The lowest BCUT2D eigenvalue weighted by Crippen LogP contribution is -1.99. The van der Waals surface area contributed by atoms with Crippen molar-refractivity contribution in [3.05, 3.63) is 58.8 Å². The van der Waals surface area contributed by atoms with E-state index < -0.39 is 0 Å². The first kappa shape index (κ1) is 13.5. The van der Waals surface area contributed by atoms with Gasteiger partial charge in [-0.15, -0.1) is 0 Å². The molecule has 0 radical (unpaired) electrons. The van der Waals surface area contributed by atoms with Crippen LogP contribution >= 0.6 is 27.7 Å². The minimum Gasteiger partial charge on any atom is -0.326 e. The van der Waals surface area contributed by atoms with Gasteiger partial charge in [0, 0.05) is 21.3 Å². The molecule has 2 aromatic carbocycles. The summed E-state index contributed by atoms with van der Waals surface area (Å²) in [6.45, 7) is 0.493. The van der Waals surface area contributed by atoms with Crippen molar-refractivity contribution in [2.24, 2.45) is 5.73 Å². The smallest absolute Gasteiger partial charge is 0.117 e. The molecule has 3 nitrogen and oxygen atoms in total. The van der Waals surface area contributed by atoms with Crippen molar-refractivity contribution in [2.45, 2.75) is 16.5 Å². The Labute approximate surface area is 129 Å². The number of benzene rings is 2. The number of nitrogens with zero attached hydrogens (tertiary/aromatic N) is 2. The van der Waals surface area contributed by atoms with Gasteiger partial charge in [-0.2, -0.15) is 0 Å². The fourth-order valence-corrected chi connectivity index (χ4v) is 3.71. The maximum absolute atomic E-state index is 5.84. The predicted molar refractivity (Wildman–Crippen MR) is 85.7 cm³/mol. The van der Waals surface area contributed by atoms with E-state index in [1.165, 1.54) is 0 Å². The molecule has 0 bridgehead atoms. The molecule has 0 aliphatic rings. The van der Waals surface area contributed by atoms with Crippen LogP contribution in [0.25, 0.3) is 10.9 Å². The first-order valence-electron chi connectivity index (χ1n) is 6.14.